The van der Waals surface area contributed by atoms with Gasteiger partial charge < -0.3 is 10.6 Å². The van der Waals surface area contributed by atoms with E-state index < -0.39 is 0 Å². The Kier molecular flexibility index (Phi) is 2.46. The predicted octanol–water partition coefficient (Wildman–Crippen LogP) is 1.83. The molecule has 0 aromatic carbocycles. The molecular formula is C10H15N3S. The number of guanidine groups is 1. The third kappa shape index (κ3) is 1.50. The molecule has 0 radical (unpaired) electrons. The topological polar surface area (TPSA) is 41.6 Å². The van der Waals surface area contributed by atoms with E-state index in [0.717, 1.165) is 6.54 Å². The van der Waals surface area contributed by atoms with Crippen LogP contribution in [0.5, 0.6) is 0 Å². The van der Waals surface area contributed by atoms with Crippen molar-refractivity contribution in [2.75, 3.05) is 6.54 Å². The zero-order valence-corrected chi connectivity index (χ0v) is 9.29. The Hall–Kier alpha value is -1.03. The van der Waals surface area contributed by atoms with Crippen molar-refractivity contribution >= 4 is 17.3 Å². The number of hydrogen-bond donors (Lipinski definition) is 1. The van der Waals surface area contributed by atoms with Crippen molar-refractivity contribution in [1.82, 2.24) is 4.90 Å². The first-order valence-electron chi connectivity index (χ1n) is 4.82. The van der Waals surface area contributed by atoms with E-state index in [1.807, 2.05) is 0 Å². The molecule has 2 heterocycles. The summed E-state index contributed by atoms with van der Waals surface area (Å²) in [5.74, 6) is 0.679. The summed E-state index contributed by atoms with van der Waals surface area (Å²) in [6, 6.07) is 5.00. The maximum atomic E-state index is 5.86. The highest BCUT2D eigenvalue weighted by molar-refractivity contribution is 7.10. The Morgan fingerprint density at radius 3 is 3.00 bits per heavy atom. The van der Waals surface area contributed by atoms with Crippen LogP contribution < -0.4 is 5.73 Å². The van der Waals surface area contributed by atoms with Crippen molar-refractivity contribution in [3.05, 3.63) is 22.4 Å². The van der Waals surface area contributed by atoms with Gasteiger partial charge in [-0.1, -0.05) is 6.07 Å². The Bertz CT molecular complexity index is 329. The average molecular weight is 209 g/mol. The number of nitrogens with two attached hydrogens (primary N) is 1. The lowest BCUT2D eigenvalue weighted by molar-refractivity contribution is 0.293. The van der Waals surface area contributed by atoms with E-state index in [0.29, 0.717) is 18.0 Å². The van der Waals surface area contributed by atoms with E-state index in [1.54, 1.807) is 11.3 Å². The van der Waals surface area contributed by atoms with E-state index in [1.165, 1.54) is 4.88 Å². The molecule has 1 aromatic rings. The van der Waals surface area contributed by atoms with Crippen LogP contribution in [0.1, 0.15) is 24.8 Å². The Balaban J connectivity index is 2.23. The first-order valence-corrected chi connectivity index (χ1v) is 5.69. The molecule has 1 atom stereocenters. The molecule has 0 fully saturated rings. The minimum absolute atomic E-state index is 0.356. The monoisotopic (exact) mass is 209 g/mol. The van der Waals surface area contributed by atoms with Crippen molar-refractivity contribution in [1.29, 1.82) is 0 Å². The van der Waals surface area contributed by atoms with Gasteiger partial charge in [0, 0.05) is 10.9 Å². The van der Waals surface area contributed by atoms with Gasteiger partial charge in [-0.05, 0) is 25.3 Å². The van der Waals surface area contributed by atoms with Crippen molar-refractivity contribution in [3.63, 3.8) is 0 Å². The second-order valence-corrected chi connectivity index (χ2v) is 4.71. The number of hydrogen-bond acceptors (Lipinski definition) is 4. The molecule has 4 heteroatoms. The van der Waals surface area contributed by atoms with Gasteiger partial charge in [0.25, 0.3) is 0 Å². The zero-order chi connectivity index (χ0) is 10.1. The molecule has 0 saturated heterocycles. The third-order valence-electron chi connectivity index (χ3n) is 2.45. The lowest BCUT2D eigenvalue weighted by atomic mass is 10.2. The van der Waals surface area contributed by atoms with E-state index >= 15 is 0 Å². The van der Waals surface area contributed by atoms with Gasteiger partial charge in [-0.3, -0.25) is 4.99 Å². The summed E-state index contributed by atoms with van der Waals surface area (Å²) in [4.78, 5) is 7.84. The van der Waals surface area contributed by atoms with Gasteiger partial charge in [-0.25, -0.2) is 0 Å². The summed E-state index contributed by atoms with van der Waals surface area (Å²) < 4.78 is 0. The summed E-state index contributed by atoms with van der Waals surface area (Å²) >= 11 is 1.77. The third-order valence-corrected chi connectivity index (χ3v) is 3.43. The highest BCUT2D eigenvalue weighted by Gasteiger charge is 2.29. The van der Waals surface area contributed by atoms with E-state index in [-0.39, 0.29) is 0 Å². The van der Waals surface area contributed by atoms with E-state index in [4.69, 9.17) is 5.73 Å². The lowest BCUT2D eigenvalue weighted by Gasteiger charge is -2.29. The first-order chi connectivity index (χ1) is 6.70. The van der Waals surface area contributed by atoms with Gasteiger partial charge in [0.1, 0.15) is 0 Å². The summed E-state index contributed by atoms with van der Waals surface area (Å²) in [6.45, 7) is 5.09. The van der Waals surface area contributed by atoms with Gasteiger partial charge in [0.2, 0.25) is 0 Å². The van der Waals surface area contributed by atoms with Crippen molar-refractivity contribution in [2.24, 2.45) is 10.7 Å². The molecule has 0 saturated carbocycles. The Morgan fingerprint density at radius 1 is 1.64 bits per heavy atom. The van der Waals surface area contributed by atoms with E-state index in [9.17, 15) is 0 Å². The van der Waals surface area contributed by atoms with Crippen LogP contribution in [0, 0.1) is 0 Å². The van der Waals surface area contributed by atoms with Gasteiger partial charge in [-0.15, -0.1) is 11.3 Å². The Labute approximate surface area is 88.3 Å². The fourth-order valence-electron chi connectivity index (χ4n) is 1.84. The highest BCUT2D eigenvalue weighted by atomic mass is 32.1. The fourth-order valence-corrected chi connectivity index (χ4v) is 2.66. The molecule has 1 aromatic heterocycles. The molecule has 14 heavy (non-hydrogen) atoms. The minimum atomic E-state index is 0.356. The fraction of sp³-hybridized carbons (Fsp3) is 0.500. The maximum absolute atomic E-state index is 5.86. The van der Waals surface area contributed by atoms with Crippen LogP contribution in [0.25, 0.3) is 0 Å². The van der Waals surface area contributed by atoms with Crippen molar-refractivity contribution in [2.45, 2.75) is 25.9 Å². The summed E-state index contributed by atoms with van der Waals surface area (Å²) in [6.07, 6.45) is 0. The van der Waals surface area contributed by atoms with Crippen LogP contribution in [-0.2, 0) is 0 Å². The van der Waals surface area contributed by atoms with E-state index in [2.05, 4.69) is 41.3 Å². The van der Waals surface area contributed by atoms with Crippen LogP contribution in [-0.4, -0.2) is 23.4 Å². The Morgan fingerprint density at radius 2 is 2.43 bits per heavy atom. The molecule has 1 aliphatic heterocycles. The number of aliphatic imine (C=N–C) groups is 1. The SMILES string of the molecule is CC(C)N1C(N)=NCC1c1cccs1. The van der Waals surface area contributed by atoms with Crippen molar-refractivity contribution < 1.29 is 0 Å². The lowest BCUT2D eigenvalue weighted by Crippen LogP contribution is -2.40. The van der Waals surface area contributed by atoms with Crippen LogP contribution in [0.4, 0.5) is 0 Å². The van der Waals surface area contributed by atoms with Crippen LogP contribution in [0.2, 0.25) is 0 Å². The van der Waals surface area contributed by atoms with Gasteiger partial charge in [-0.2, -0.15) is 0 Å². The first kappa shape index (κ1) is 9.52. The molecule has 0 aliphatic carbocycles. The van der Waals surface area contributed by atoms with Crippen molar-refractivity contribution in [3.8, 4) is 0 Å². The normalized spacial score (nSPS) is 21.8. The maximum Gasteiger partial charge on any atom is 0.192 e. The van der Waals surface area contributed by atoms with Crippen LogP contribution in [0.3, 0.4) is 0 Å². The van der Waals surface area contributed by atoms with Gasteiger partial charge in [0.15, 0.2) is 5.96 Å². The molecule has 2 N–H and O–H groups in total. The van der Waals surface area contributed by atoms with Crippen LogP contribution in [0.15, 0.2) is 22.5 Å². The molecule has 3 nitrogen and oxygen atoms in total. The molecule has 0 spiro atoms. The second-order valence-electron chi connectivity index (χ2n) is 3.73. The number of nitrogens with zero attached hydrogens (tertiary/aromatic N) is 2. The average Bonchev–Trinajstić information content (AvgIpc) is 2.70. The molecule has 0 bridgehead atoms. The smallest absolute Gasteiger partial charge is 0.192 e. The highest BCUT2D eigenvalue weighted by Crippen LogP contribution is 2.30. The standard InChI is InChI=1S/C10H15N3S/c1-7(2)13-8(6-12-10(13)11)9-4-3-5-14-9/h3-5,7-8H,6H2,1-2H3,(H2,11,12). The molecule has 1 unspecified atom stereocenters. The summed E-state index contributed by atoms with van der Waals surface area (Å²) in [7, 11) is 0. The zero-order valence-electron chi connectivity index (χ0n) is 8.47. The quantitative estimate of drug-likeness (QED) is 0.807. The summed E-state index contributed by atoms with van der Waals surface area (Å²) in [5.41, 5.74) is 5.86. The van der Waals surface area contributed by atoms with Gasteiger partial charge >= 0.3 is 0 Å². The molecule has 2 rings (SSSR count). The summed E-state index contributed by atoms with van der Waals surface area (Å²) in [5, 5.41) is 2.10. The predicted molar refractivity (Wildman–Crippen MR) is 60.5 cm³/mol. The second kappa shape index (κ2) is 3.61. The molecular weight excluding hydrogens is 194 g/mol. The van der Waals surface area contributed by atoms with Crippen LogP contribution >= 0.6 is 11.3 Å². The molecule has 76 valence electrons. The number of thiophene rings is 1. The van der Waals surface area contributed by atoms with Gasteiger partial charge in [0.05, 0.1) is 12.6 Å². The molecule has 1 aliphatic rings. The minimum Gasteiger partial charge on any atom is -0.370 e. The number of rotatable bonds is 2. The molecule has 0 amide bonds. The largest absolute Gasteiger partial charge is 0.370 e.